The van der Waals surface area contributed by atoms with Gasteiger partial charge in [-0.15, -0.1) is 0 Å². The van der Waals surface area contributed by atoms with E-state index in [-0.39, 0.29) is 12.5 Å². The van der Waals surface area contributed by atoms with Crippen LogP contribution in [0.2, 0.25) is 0 Å². The van der Waals surface area contributed by atoms with Crippen molar-refractivity contribution >= 4 is 17.3 Å². The quantitative estimate of drug-likeness (QED) is 0.339. The van der Waals surface area contributed by atoms with E-state index in [2.05, 4.69) is 24.5 Å². The first-order chi connectivity index (χ1) is 14.7. The molecule has 0 saturated carbocycles. The van der Waals surface area contributed by atoms with Gasteiger partial charge in [0.05, 0.1) is 19.8 Å². The third kappa shape index (κ3) is 9.68. The SMILES string of the molecule is CCCCCCCOc1ccc(NC(=O)CNc2cccc(OCCCC)c2)cc1. The van der Waals surface area contributed by atoms with Gasteiger partial charge in [-0.05, 0) is 49.2 Å². The van der Waals surface area contributed by atoms with Crippen molar-refractivity contribution in [3.05, 3.63) is 48.5 Å². The maximum Gasteiger partial charge on any atom is 0.243 e. The Bertz CT molecular complexity index is 731. The van der Waals surface area contributed by atoms with E-state index >= 15 is 0 Å². The van der Waals surface area contributed by atoms with Crippen LogP contribution in [0.15, 0.2) is 48.5 Å². The van der Waals surface area contributed by atoms with Gasteiger partial charge in [0.15, 0.2) is 0 Å². The van der Waals surface area contributed by atoms with Crippen LogP contribution >= 0.6 is 0 Å². The molecule has 0 spiro atoms. The molecule has 0 aromatic heterocycles. The fourth-order valence-corrected chi connectivity index (χ4v) is 2.95. The highest BCUT2D eigenvalue weighted by Crippen LogP contribution is 2.18. The van der Waals surface area contributed by atoms with Crippen molar-refractivity contribution in [2.75, 3.05) is 30.4 Å². The lowest BCUT2D eigenvalue weighted by Gasteiger charge is -2.11. The second-order valence-electron chi connectivity index (χ2n) is 7.42. The van der Waals surface area contributed by atoms with Crippen molar-refractivity contribution in [3.63, 3.8) is 0 Å². The number of carbonyl (C=O) groups excluding carboxylic acids is 1. The van der Waals surface area contributed by atoms with Crippen LogP contribution in [0.5, 0.6) is 11.5 Å². The number of nitrogens with one attached hydrogen (secondary N) is 2. The highest BCUT2D eigenvalue weighted by atomic mass is 16.5. The molecule has 0 atom stereocenters. The number of carbonyl (C=O) groups is 1. The van der Waals surface area contributed by atoms with Crippen molar-refractivity contribution in [1.82, 2.24) is 0 Å². The minimum atomic E-state index is -0.100. The van der Waals surface area contributed by atoms with Crippen LogP contribution in [0.4, 0.5) is 11.4 Å². The van der Waals surface area contributed by atoms with E-state index in [9.17, 15) is 4.79 Å². The zero-order valence-electron chi connectivity index (χ0n) is 18.4. The van der Waals surface area contributed by atoms with Gasteiger partial charge >= 0.3 is 0 Å². The summed E-state index contributed by atoms with van der Waals surface area (Å²) in [4.78, 5) is 12.2. The van der Waals surface area contributed by atoms with Crippen molar-refractivity contribution in [3.8, 4) is 11.5 Å². The molecule has 5 heteroatoms. The van der Waals surface area contributed by atoms with Crippen LogP contribution in [-0.4, -0.2) is 25.7 Å². The van der Waals surface area contributed by atoms with Gasteiger partial charge in [-0.3, -0.25) is 4.79 Å². The summed E-state index contributed by atoms with van der Waals surface area (Å²) in [6.07, 6.45) is 8.24. The van der Waals surface area contributed by atoms with E-state index in [4.69, 9.17) is 9.47 Å². The Morgan fingerprint density at radius 2 is 1.47 bits per heavy atom. The van der Waals surface area contributed by atoms with E-state index in [1.54, 1.807) is 0 Å². The van der Waals surface area contributed by atoms with Gasteiger partial charge in [-0.25, -0.2) is 0 Å². The summed E-state index contributed by atoms with van der Waals surface area (Å²) in [5.74, 6) is 1.55. The molecule has 0 radical (unpaired) electrons. The second-order valence-corrected chi connectivity index (χ2v) is 7.42. The summed E-state index contributed by atoms with van der Waals surface area (Å²) in [6, 6.07) is 15.2. The number of hydrogen-bond donors (Lipinski definition) is 2. The molecule has 164 valence electrons. The average molecular weight is 413 g/mol. The summed E-state index contributed by atoms with van der Waals surface area (Å²) in [6.45, 7) is 5.99. The largest absolute Gasteiger partial charge is 0.494 e. The lowest BCUT2D eigenvalue weighted by Crippen LogP contribution is -2.21. The fraction of sp³-hybridized carbons (Fsp3) is 0.480. The van der Waals surface area contributed by atoms with Crippen LogP contribution in [0.3, 0.4) is 0 Å². The molecule has 2 aromatic carbocycles. The maximum absolute atomic E-state index is 12.2. The Morgan fingerprint density at radius 3 is 2.23 bits per heavy atom. The molecular formula is C25H36N2O3. The number of rotatable bonds is 15. The molecule has 1 amide bonds. The van der Waals surface area contributed by atoms with Gasteiger partial charge in [-0.2, -0.15) is 0 Å². The predicted molar refractivity (Wildman–Crippen MR) is 125 cm³/mol. The summed E-state index contributed by atoms with van der Waals surface area (Å²) in [5.41, 5.74) is 1.62. The lowest BCUT2D eigenvalue weighted by molar-refractivity contribution is -0.114. The molecule has 0 unspecified atom stereocenters. The molecule has 5 nitrogen and oxygen atoms in total. The summed E-state index contributed by atoms with van der Waals surface area (Å²) >= 11 is 0. The monoisotopic (exact) mass is 412 g/mol. The number of benzene rings is 2. The van der Waals surface area contributed by atoms with Crippen LogP contribution in [0, 0.1) is 0 Å². The van der Waals surface area contributed by atoms with Crippen LogP contribution in [-0.2, 0) is 4.79 Å². The molecule has 0 aliphatic heterocycles. The molecule has 30 heavy (non-hydrogen) atoms. The topological polar surface area (TPSA) is 59.6 Å². The highest BCUT2D eigenvalue weighted by Gasteiger charge is 2.04. The van der Waals surface area contributed by atoms with E-state index < -0.39 is 0 Å². The van der Waals surface area contributed by atoms with Gasteiger partial charge in [0.2, 0.25) is 5.91 Å². The van der Waals surface area contributed by atoms with E-state index in [0.717, 1.165) is 48.7 Å². The molecule has 0 aliphatic rings. The van der Waals surface area contributed by atoms with Crippen molar-refractivity contribution < 1.29 is 14.3 Å². The standard InChI is InChI=1S/C25H36N2O3/c1-3-5-7-8-9-18-29-23-15-13-21(14-16-23)27-25(28)20-26-22-11-10-12-24(19-22)30-17-6-4-2/h10-16,19,26H,3-9,17-18,20H2,1-2H3,(H,27,28). The molecule has 2 aromatic rings. The molecule has 0 bridgehead atoms. The normalized spacial score (nSPS) is 10.5. The summed E-state index contributed by atoms with van der Waals surface area (Å²) in [5, 5.41) is 6.04. The minimum absolute atomic E-state index is 0.100. The third-order valence-electron chi connectivity index (χ3n) is 4.71. The van der Waals surface area contributed by atoms with Crippen LogP contribution < -0.4 is 20.1 Å². The van der Waals surface area contributed by atoms with E-state index in [1.807, 2.05) is 48.5 Å². The smallest absolute Gasteiger partial charge is 0.243 e. The first kappa shape index (κ1) is 23.6. The van der Waals surface area contributed by atoms with Gasteiger partial charge < -0.3 is 20.1 Å². The number of ether oxygens (including phenoxy) is 2. The Kier molecular flexibility index (Phi) is 11.3. The Labute approximate surface area is 181 Å². The average Bonchev–Trinajstić information content (AvgIpc) is 2.76. The number of anilines is 2. The molecular weight excluding hydrogens is 376 g/mol. The van der Waals surface area contributed by atoms with Crippen LogP contribution in [0.1, 0.15) is 58.8 Å². The van der Waals surface area contributed by atoms with Crippen molar-refractivity contribution in [1.29, 1.82) is 0 Å². The summed E-state index contributed by atoms with van der Waals surface area (Å²) < 4.78 is 11.5. The molecule has 0 saturated heterocycles. The third-order valence-corrected chi connectivity index (χ3v) is 4.71. The number of hydrogen-bond acceptors (Lipinski definition) is 4. The van der Waals surface area contributed by atoms with Crippen molar-refractivity contribution in [2.45, 2.75) is 58.8 Å². The minimum Gasteiger partial charge on any atom is -0.494 e. The second kappa shape index (κ2) is 14.3. The molecule has 0 fully saturated rings. The van der Waals surface area contributed by atoms with Gasteiger partial charge in [0, 0.05) is 17.4 Å². The fourth-order valence-electron chi connectivity index (χ4n) is 2.95. The van der Waals surface area contributed by atoms with Gasteiger partial charge in [0.25, 0.3) is 0 Å². The Morgan fingerprint density at radius 1 is 0.767 bits per heavy atom. The molecule has 0 aliphatic carbocycles. The number of unbranched alkanes of at least 4 members (excludes halogenated alkanes) is 5. The molecule has 2 rings (SSSR count). The molecule has 2 N–H and O–H groups in total. The summed E-state index contributed by atoms with van der Waals surface area (Å²) in [7, 11) is 0. The Hall–Kier alpha value is -2.69. The van der Waals surface area contributed by atoms with E-state index in [0.29, 0.717) is 6.61 Å². The zero-order valence-corrected chi connectivity index (χ0v) is 18.4. The number of amides is 1. The lowest BCUT2D eigenvalue weighted by atomic mass is 10.2. The Balaban J connectivity index is 1.69. The first-order valence-electron chi connectivity index (χ1n) is 11.2. The van der Waals surface area contributed by atoms with Crippen molar-refractivity contribution in [2.24, 2.45) is 0 Å². The van der Waals surface area contributed by atoms with Gasteiger partial charge in [0.1, 0.15) is 11.5 Å². The van der Waals surface area contributed by atoms with Crippen LogP contribution in [0.25, 0.3) is 0 Å². The molecule has 0 heterocycles. The van der Waals surface area contributed by atoms with E-state index in [1.165, 1.54) is 25.7 Å². The maximum atomic E-state index is 12.2. The highest BCUT2D eigenvalue weighted by molar-refractivity contribution is 5.93. The predicted octanol–water partition coefficient (Wildman–Crippen LogP) is 6.27. The zero-order chi connectivity index (χ0) is 21.4. The van der Waals surface area contributed by atoms with Gasteiger partial charge in [-0.1, -0.05) is 52.0 Å². The first-order valence-corrected chi connectivity index (χ1v) is 11.2.